The minimum absolute atomic E-state index is 0.0676. The van der Waals surface area contributed by atoms with E-state index in [9.17, 15) is 24.3 Å². The van der Waals surface area contributed by atoms with E-state index in [-0.39, 0.29) is 13.0 Å². The Balaban J connectivity index is 2.58. The number of amides is 3. The average molecular weight is 608 g/mol. The standard InChI is InChI=1S/C34H45N3O7/c1-9-20-37(30(40)27(22-38)36-32(42)44-34(6,7)8)28(25-19-15-14-18-24(25)10-2)29(39)35-26(31(41)43-33(3,4)5)21-23-16-12-11-13-17-23/h2,11-19,26-28,38H,9,20-22H2,1,3-8H3,(H,35,39)(H,36,42). The first kappa shape index (κ1) is 35.8. The third kappa shape index (κ3) is 11.0. The number of terminal acetylenes is 1. The Labute approximate surface area is 260 Å². The van der Waals surface area contributed by atoms with E-state index in [1.54, 1.807) is 65.8 Å². The van der Waals surface area contributed by atoms with Crippen molar-refractivity contribution >= 4 is 23.9 Å². The fourth-order valence-electron chi connectivity index (χ4n) is 4.43. The Morgan fingerprint density at radius 3 is 2.02 bits per heavy atom. The van der Waals surface area contributed by atoms with Crippen molar-refractivity contribution < 1.29 is 33.8 Å². The van der Waals surface area contributed by atoms with Crippen LogP contribution in [0.15, 0.2) is 54.6 Å². The van der Waals surface area contributed by atoms with Gasteiger partial charge in [0.25, 0.3) is 0 Å². The van der Waals surface area contributed by atoms with Gasteiger partial charge in [-0.3, -0.25) is 9.59 Å². The number of aliphatic hydroxyl groups is 1. The van der Waals surface area contributed by atoms with Crippen LogP contribution in [-0.2, 0) is 30.3 Å². The van der Waals surface area contributed by atoms with Gasteiger partial charge in [-0.2, -0.15) is 0 Å². The minimum Gasteiger partial charge on any atom is -0.458 e. The van der Waals surface area contributed by atoms with E-state index >= 15 is 0 Å². The number of benzene rings is 2. The summed E-state index contributed by atoms with van der Waals surface area (Å²) in [5.41, 5.74) is -0.185. The number of rotatable bonds is 12. The van der Waals surface area contributed by atoms with Crippen LogP contribution in [-0.4, -0.2) is 70.3 Å². The Hall–Kier alpha value is -4.36. The number of alkyl carbamates (subject to hydrolysis) is 1. The second kappa shape index (κ2) is 15.9. The summed E-state index contributed by atoms with van der Waals surface area (Å²) >= 11 is 0. The van der Waals surface area contributed by atoms with Gasteiger partial charge in [0.15, 0.2) is 0 Å². The molecule has 0 saturated carbocycles. The number of hydrogen-bond acceptors (Lipinski definition) is 7. The summed E-state index contributed by atoms with van der Waals surface area (Å²) in [6.45, 7) is 11.3. The largest absolute Gasteiger partial charge is 0.458 e. The Morgan fingerprint density at radius 2 is 1.48 bits per heavy atom. The monoisotopic (exact) mass is 607 g/mol. The van der Waals surface area contributed by atoms with Crippen molar-refractivity contribution in [1.29, 1.82) is 0 Å². The zero-order valence-corrected chi connectivity index (χ0v) is 26.7. The summed E-state index contributed by atoms with van der Waals surface area (Å²) in [5.74, 6) is 0.503. The van der Waals surface area contributed by atoms with Crippen molar-refractivity contribution in [2.45, 2.75) is 90.6 Å². The third-order valence-corrected chi connectivity index (χ3v) is 6.18. The van der Waals surface area contributed by atoms with Gasteiger partial charge in [0.1, 0.15) is 29.3 Å². The van der Waals surface area contributed by atoms with E-state index in [4.69, 9.17) is 15.9 Å². The molecule has 10 nitrogen and oxygen atoms in total. The SMILES string of the molecule is C#Cc1ccccc1C(C(=O)NC(Cc1ccccc1)C(=O)OC(C)(C)C)N(CCC)C(=O)C(CO)NC(=O)OC(C)(C)C. The smallest absolute Gasteiger partial charge is 0.408 e. The van der Waals surface area contributed by atoms with Gasteiger partial charge in [0.2, 0.25) is 11.8 Å². The molecule has 2 aromatic rings. The highest BCUT2D eigenvalue weighted by Crippen LogP contribution is 2.27. The molecule has 0 saturated heterocycles. The summed E-state index contributed by atoms with van der Waals surface area (Å²) in [6, 6.07) is 12.0. The Bertz CT molecular complexity index is 1320. The predicted octanol–water partition coefficient (Wildman–Crippen LogP) is 3.90. The summed E-state index contributed by atoms with van der Waals surface area (Å²) in [4.78, 5) is 55.4. The van der Waals surface area contributed by atoms with Crippen molar-refractivity contribution in [3.05, 3.63) is 71.3 Å². The molecule has 0 spiro atoms. The number of nitrogens with one attached hydrogen (secondary N) is 2. The molecule has 0 fully saturated rings. The second-order valence-electron chi connectivity index (χ2n) is 12.3. The summed E-state index contributed by atoms with van der Waals surface area (Å²) in [5, 5.41) is 15.3. The molecule has 0 heterocycles. The predicted molar refractivity (Wildman–Crippen MR) is 167 cm³/mol. The molecule has 3 unspecified atom stereocenters. The lowest BCUT2D eigenvalue weighted by Gasteiger charge is -2.35. The molecule has 10 heteroatoms. The van der Waals surface area contributed by atoms with Gasteiger partial charge in [-0.25, -0.2) is 9.59 Å². The normalized spacial score (nSPS) is 13.4. The van der Waals surface area contributed by atoms with Crippen LogP contribution in [0.25, 0.3) is 0 Å². The highest BCUT2D eigenvalue weighted by atomic mass is 16.6. The van der Waals surface area contributed by atoms with E-state index < -0.39 is 59.8 Å². The number of ether oxygens (including phenoxy) is 2. The second-order valence-corrected chi connectivity index (χ2v) is 12.3. The van der Waals surface area contributed by atoms with Gasteiger partial charge in [0, 0.05) is 18.5 Å². The van der Waals surface area contributed by atoms with Crippen LogP contribution in [0.4, 0.5) is 4.79 Å². The number of esters is 1. The molecule has 0 aliphatic rings. The van der Waals surface area contributed by atoms with E-state index in [0.717, 1.165) is 5.56 Å². The zero-order chi connectivity index (χ0) is 33.1. The van der Waals surface area contributed by atoms with E-state index in [0.29, 0.717) is 17.5 Å². The maximum absolute atomic E-state index is 14.3. The van der Waals surface area contributed by atoms with Crippen LogP contribution in [0.5, 0.6) is 0 Å². The number of hydrogen-bond donors (Lipinski definition) is 3. The number of aliphatic hydroxyl groups excluding tert-OH is 1. The molecule has 44 heavy (non-hydrogen) atoms. The van der Waals surface area contributed by atoms with E-state index in [1.807, 2.05) is 37.3 Å². The third-order valence-electron chi connectivity index (χ3n) is 6.18. The van der Waals surface area contributed by atoms with Crippen molar-refractivity contribution in [3.63, 3.8) is 0 Å². The Morgan fingerprint density at radius 1 is 0.886 bits per heavy atom. The van der Waals surface area contributed by atoms with Gasteiger partial charge in [-0.05, 0) is 65.2 Å². The molecule has 0 aromatic heterocycles. The lowest BCUT2D eigenvalue weighted by molar-refractivity contribution is -0.159. The highest BCUT2D eigenvalue weighted by molar-refractivity contribution is 5.94. The van der Waals surface area contributed by atoms with Crippen LogP contribution in [0.3, 0.4) is 0 Å². The van der Waals surface area contributed by atoms with Gasteiger partial charge in [0.05, 0.1) is 6.61 Å². The first-order chi connectivity index (χ1) is 20.6. The highest BCUT2D eigenvalue weighted by Gasteiger charge is 2.38. The molecular formula is C34H45N3O7. The topological polar surface area (TPSA) is 134 Å². The lowest BCUT2D eigenvalue weighted by atomic mass is 9.96. The number of nitrogens with zero attached hydrogens (tertiary/aromatic N) is 1. The van der Waals surface area contributed by atoms with Crippen molar-refractivity contribution in [2.75, 3.05) is 13.2 Å². The summed E-state index contributed by atoms with van der Waals surface area (Å²) in [6.07, 6.45) is 5.45. The molecular weight excluding hydrogens is 562 g/mol. The number of carbonyl (C=O) groups is 4. The minimum atomic E-state index is -1.42. The Kier molecular flexibility index (Phi) is 13.0. The van der Waals surface area contributed by atoms with Gasteiger partial charge < -0.3 is 30.1 Å². The van der Waals surface area contributed by atoms with Gasteiger partial charge in [-0.1, -0.05) is 61.4 Å². The van der Waals surface area contributed by atoms with E-state index in [1.165, 1.54) is 4.90 Å². The van der Waals surface area contributed by atoms with Crippen molar-refractivity contribution in [3.8, 4) is 12.3 Å². The van der Waals surface area contributed by atoms with Crippen LogP contribution in [0.1, 0.15) is 77.6 Å². The lowest BCUT2D eigenvalue weighted by Crippen LogP contribution is -2.56. The van der Waals surface area contributed by atoms with Crippen LogP contribution >= 0.6 is 0 Å². The molecule has 3 N–H and O–H groups in total. The molecule has 0 bridgehead atoms. The fraction of sp³-hybridized carbons (Fsp3) is 0.471. The fourth-order valence-corrected chi connectivity index (χ4v) is 4.43. The molecule has 2 aromatic carbocycles. The van der Waals surface area contributed by atoms with Gasteiger partial charge >= 0.3 is 12.1 Å². The van der Waals surface area contributed by atoms with Crippen LogP contribution in [0.2, 0.25) is 0 Å². The van der Waals surface area contributed by atoms with Crippen LogP contribution < -0.4 is 10.6 Å². The molecule has 2 rings (SSSR count). The maximum atomic E-state index is 14.3. The van der Waals surface area contributed by atoms with Crippen molar-refractivity contribution in [2.24, 2.45) is 0 Å². The summed E-state index contributed by atoms with van der Waals surface area (Å²) < 4.78 is 10.9. The molecule has 0 aliphatic carbocycles. The first-order valence-electron chi connectivity index (χ1n) is 14.6. The average Bonchev–Trinajstić information content (AvgIpc) is 2.94. The van der Waals surface area contributed by atoms with E-state index in [2.05, 4.69) is 16.6 Å². The van der Waals surface area contributed by atoms with Crippen molar-refractivity contribution in [1.82, 2.24) is 15.5 Å². The molecule has 3 atom stereocenters. The molecule has 238 valence electrons. The maximum Gasteiger partial charge on any atom is 0.408 e. The quantitative estimate of drug-likeness (QED) is 0.246. The number of carbonyl (C=O) groups excluding carboxylic acids is 4. The summed E-state index contributed by atoms with van der Waals surface area (Å²) in [7, 11) is 0. The van der Waals surface area contributed by atoms with Crippen LogP contribution in [0, 0.1) is 12.3 Å². The molecule has 3 amide bonds. The van der Waals surface area contributed by atoms with Gasteiger partial charge in [-0.15, -0.1) is 6.42 Å². The molecule has 0 radical (unpaired) electrons. The first-order valence-corrected chi connectivity index (χ1v) is 14.6. The zero-order valence-electron chi connectivity index (χ0n) is 26.7. The molecule has 0 aliphatic heterocycles.